The number of hydrogen-bond donors (Lipinski definition) is 3. The summed E-state index contributed by atoms with van der Waals surface area (Å²) >= 11 is 0. The Morgan fingerprint density at radius 2 is 1.97 bits per heavy atom. The van der Waals surface area contributed by atoms with Crippen LogP contribution in [-0.2, 0) is 26.3 Å². The molecular formula is C25H29N5O5. The number of aliphatic hydroxyl groups excluding tert-OH is 2. The minimum absolute atomic E-state index is 0.180. The molecular weight excluding hydrogens is 450 g/mol. The zero-order valence-electron chi connectivity index (χ0n) is 19.8. The second kappa shape index (κ2) is 9.62. The average Bonchev–Trinajstić information content (AvgIpc) is 3.38. The van der Waals surface area contributed by atoms with Crippen molar-refractivity contribution in [2.75, 3.05) is 12.3 Å². The Morgan fingerprint density at radius 3 is 2.63 bits per heavy atom. The lowest BCUT2D eigenvalue weighted by Gasteiger charge is -2.24. The summed E-state index contributed by atoms with van der Waals surface area (Å²) in [7, 11) is 0. The van der Waals surface area contributed by atoms with E-state index in [1.807, 2.05) is 30.3 Å². The first kappa shape index (κ1) is 24.6. The molecule has 1 saturated heterocycles. The highest BCUT2D eigenvalue weighted by Crippen LogP contribution is 2.40. The zero-order valence-corrected chi connectivity index (χ0v) is 19.8. The number of benzene rings is 1. The second-order valence-corrected chi connectivity index (χ2v) is 9.29. The molecule has 10 heteroatoms. The van der Waals surface area contributed by atoms with Gasteiger partial charge in [-0.25, -0.2) is 9.50 Å². The first-order chi connectivity index (χ1) is 16.7. The Bertz CT molecular complexity index is 1250. The molecule has 0 radical (unpaired) electrons. The molecule has 1 aromatic carbocycles. The van der Waals surface area contributed by atoms with E-state index in [0.717, 1.165) is 12.0 Å². The van der Waals surface area contributed by atoms with Crippen LogP contribution in [0, 0.1) is 17.2 Å². The summed E-state index contributed by atoms with van der Waals surface area (Å²) in [5.74, 6) is -0.327. The van der Waals surface area contributed by atoms with Crippen molar-refractivity contribution in [2.24, 2.45) is 5.92 Å². The number of nitrogens with zero attached hydrogens (tertiary/aromatic N) is 4. The SMILES string of the molecule is CC(C)Cc1ccc(C(C)C(=O)OC[C@@H]2O[C@@](C#N)(c3ccc4c(N)ncnn34)[C@H](O)[C@@H]2O)cc1. The van der Waals surface area contributed by atoms with Crippen LogP contribution < -0.4 is 5.73 Å². The highest BCUT2D eigenvalue weighted by atomic mass is 16.6. The van der Waals surface area contributed by atoms with Crippen molar-refractivity contribution in [1.29, 1.82) is 5.26 Å². The Morgan fingerprint density at radius 1 is 1.26 bits per heavy atom. The predicted molar refractivity (Wildman–Crippen MR) is 126 cm³/mol. The molecule has 0 spiro atoms. The van der Waals surface area contributed by atoms with Crippen molar-refractivity contribution >= 4 is 17.3 Å². The van der Waals surface area contributed by atoms with Crippen LogP contribution >= 0.6 is 0 Å². The van der Waals surface area contributed by atoms with Crippen LogP contribution in [0.15, 0.2) is 42.7 Å². The Kier molecular flexibility index (Phi) is 6.76. The van der Waals surface area contributed by atoms with Gasteiger partial charge >= 0.3 is 5.97 Å². The maximum Gasteiger partial charge on any atom is 0.313 e. The van der Waals surface area contributed by atoms with Crippen molar-refractivity contribution in [3.05, 3.63) is 59.5 Å². The number of nitrogen functional groups attached to an aromatic ring is 1. The van der Waals surface area contributed by atoms with Gasteiger partial charge in [-0.3, -0.25) is 4.79 Å². The second-order valence-electron chi connectivity index (χ2n) is 9.29. The summed E-state index contributed by atoms with van der Waals surface area (Å²) in [6.07, 6.45) is -2.05. The molecule has 0 aliphatic carbocycles. The molecule has 2 aromatic heterocycles. The van der Waals surface area contributed by atoms with Gasteiger partial charge in [-0.1, -0.05) is 38.1 Å². The van der Waals surface area contributed by atoms with Crippen molar-refractivity contribution in [2.45, 2.75) is 57.0 Å². The third kappa shape index (κ3) is 4.46. The number of rotatable bonds is 7. The van der Waals surface area contributed by atoms with Crippen LogP contribution in [0.2, 0.25) is 0 Å². The fourth-order valence-electron chi connectivity index (χ4n) is 4.39. The van der Waals surface area contributed by atoms with Crippen LogP contribution in [0.1, 0.15) is 43.5 Å². The number of aliphatic hydroxyl groups is 2. The molecule has 10 nitrogen and oxygen atoms in total. The van der Waals surface area contributed by atoms with E-state index in [0.29, 0.717) is 11.4 Å². The van der Waals surface area contributed by atoms with E-state index in [4.69, 9.17) is 15.2 Å². The van der Waals surface area contributed by atoms with E-state index in [-0.39, 0.29) is 18.1 Å². The first-order valence-electron chi connectivity index (χ1n) is 11.5. The number of fused-ring (bicyclic) bond motifs is 1. The predicted octanol–water partition coefficient (Wildman–Crippen LogP) is 1.70. The molecule has 35 heavy (non-hydrogen) atoms. The number of anilines is 1. The molecule has 3 heterocycles. The summed E-state index contributed by atoms with van der Waals surface area (Å²) in [5.41, 5.74) is 6.52. The lowest BCUT2D eigenvalue weighted by Crippen LogP contribution is -2.41. The number of nitriles is 1. The smallest absolute Gasteiger partial charge is 0.313 e. The highest BCUT2D eigenvalue weighted by molar-refractivity contribution is 5.77. The monoisotopic (exact) mass is 479 g/mol. The largest absolute Gasteiger partial charge is 0.462 e. The van der Waals surface area contributed by atoms with E-state index in [2.05, 4.69) is 23.9 Å². The van der Waals surface area contributed by atoms with Crippen molar-refractivity contribution in [3.63, 3.8) is 0 Å². The lowest BCUT2D eigenvalue weighted by molar-refractivity contribution is -0.152. The molecule has 0 amide bonds. The van der Waals surface area contributed by atoms with Gasteiger partial charge in [0.1, 0.15) is 42.8 Å². The van der Waals surface area contributed by atoms with E-state index < -0.39 is 35.8 Å². The van der Waals surface area contributed by atoms with Crippen molar-refractivity contribution in [3.8, 4) is 6.07 Å². The Balaban J connectivity index is 1.47. The quantitative estimate of drug-likeness (QED) is 0.429. The molecule has 4 N–H and O–H groups in total. The summed E-state index contributed by atoms with van der Waals surface area (Å²) in [5, 5.41) is 35.5. The van der Waals surface area contributed by atoms with Crippen LogP contribution in [-0.4, -0.2) is 55.7 Å². The summed E-state index contributed by atoms with van der Waals surface area (Å²) in [6.45, 7) is 5.69. The Hall–Kier alpha value is -3.52. The maximum absolute atomic E-state index is 12.7. The molecule has 5 atom stereocenters. The Labute approximate surface area is 202 Å². The number of esters is 1. The molecule has 1 aliphatic rings. The van der Waals surface area contributed by atoms with E-state index >= 15 is 0 Å². The van der Waals surface area contributed by atoms with E-state index in [1.165, 1.54) is 22.5 Å². The van der Waals surface area contributed by atoms with Crippen LogP contribution in [0.25, 0.3) is 5.52 Å². The fourth-order valence-corrected chi connectivity index (χ4v) is 4.39. The molecule has 1 aliphatic heterocycles. The van der Waals surface area contributed by atoms with Gasteiger partial charge in [-0.15, -0.1) is 0 Å². The number of ether oxygens (including phenoxy) is 2. The highest BCUT2D eigenvalue weighted by Gasteiger charge is 2.57. The fraction of sp³-hybridized carbons (Fsp3) is 0.440. The third-order valence-electron chi connectivity index (χ3n) is 6.35. The van der Waals surface area contributed by atoms with Crippen LogP contribution in [0.4, 0.5) is 5.82 Å². The molecule has 0 saturated carbocycles. The maximum atomic E-state index is 12.7. The van der Waals surface area contributed by atoms with Gasteiger partial charge in [-0.2, -0.15) is 10.4 Å². The van der Waals surface area contributed by atoms with Crippen molar-refractivity contribution in [1.82, 2.24) is 14.6 Å². The lowest BCUT2D eigenvalue weighted by atomic mass is 9.92. The molecule has 1 unspecified atom stereocenters. The zero-order chi connectivity index (χ0) is 25.3. The number of hydrogen-bond acceptors (Lipinski definition) is 9. The first-order valence-corrected chi connectivity index (χ1v) is 11.5. The van der Waals surface area contributed by atoms with E-state index in [1.54, 1.807) is 13.0 Å². The van der Waals surface area contributed by atoms with Gasteiger partial charge < -0.3 is 25.4 Å². The van der Waals surface area contributed by atoms with Gasteiger partial charge in [0, 0.05) is 0 Å². The molecule has 4 rings (SSSR count). The summed E-state index contributed by atoms with van der Waals surface area (Å²) in [6, 6.07) is 12.9. The van der Waals surface area contributed by atoms with Crippen LogP contribution in [0.5, 0.6) is 0 Å². The summed E-state index contributed by atoms with van der Waals surface area (Å²) < 4.78 is 12.6. The third-order valence-corrected chi connectivity index (χ3v) is 6.35. The van der Waals surface area contributed by atoms with E-state index in [9.17, 15) is 20.3 Å². The molecule has 184 valence electrons. The number of nitrogens with two attached hydrogens (primary N) is 1. The van der Waals surface area contributed by atoms with Gasteiger partial charge in [0.05, 0.1) is 11.6 Å². The minimum Gasteiger partial charge on any atom is -0.462 e. The van der Waals surface area contributed by atoms with Gasteiger partial charge in [0.25, 0.3) is 0 Å². The molecule has 0 bridgehead atoms. The number of carbonyl (C=O) groups excluding carboxylic acids is 1. The van der Waals surface area contributed by atoms with Crippen molar-refractivity contribution < 1.29 is 24.5 Å². The topological polar surface area (TPSA) is 156 Å². The van der Waals surface area contributed by atoms with Crippen LogP contribution in [0.3, 0.4) is 0 Å². The molecule has 3 aromatic rings. The summed E-state index contributed by atoms with van der Waals surface area (Å²) in [4.78, 5) is 16.6. The molecule has 1 fully saturated rings. The average molecular weight is 480 g/mol. The van der Waals surface area contributed by atoms with Gasteiger partial charge in [0.2, 0.25) is 5.60 Å². The number of carbonyl (C=O) groups is 1. The standard InChI is InChI=1S/C25H29N5O5/c1-14(2)10-16-4-6-17(7-5-16)15(3)24(33)34-11-19-21(31)22(32)25(12-26,35-19)20-9-8-18-23(27)28-13-29-30(18)20/h4-9,13-15,19,21-22,31-32H,10-11H2,1-3H3,(H2,27,28,29)/t15?,19-,21+,22+,25-/m0/s1. The van der Waals surface area contributed by atoms with Gasteiger partial charge in [-0.05, 0) is 42.5 Å². The minimum atomic E-state index is -1.94. The number of aromatic nitrogens is 3. The normalized spacial score (nSPS) is 25.0. The van der Waals surface area contributed by atoms with Gasteiger partial charge in [0.15, 0.2) is 5.82 Å².